The molecule has 1 N–H and O–H groups in total. The maximum absolute atomic E-state index is 12.6. The lowest BCUT2D eigenvalue weighted by Gasteiger charge is -2.18. The summed E-state index contributed by atoms with van der Waals surface area (Å²) < 4.78 is 24.5. The third kappa shape index (κ3) is 3.26. The van der Waals surface area contributed by atoms with Gasteiger partial charge in [-0.15, -0.1) is 0 Å². The van der Waals surface area contributed by atoms with Gasteiger partial charge in [-0.1, -0.05) is 18.2 Å². The van der Waals surface area contributed by atoms with Crippen molar-refractivity contribution in [3.63, 3.8) is 0 Å². The lowest BCUT2D eigenvalue weighted by molar-refractivity contribution is 0.379. The molecule has 0 spiro atoms. The maximum atomic E-state index is 12.6. The van der Waals surface area contributed by atoms with Crippen molar-refractivity contribution >= 4 is 21.7 Å². The second-order valence-corrected chi connectivity index (χ2v) is 8.40. The second kappa shape index (κ2) is 6.77. The van der Waals surface area contributed by atoms with E-state index in [-0.39, 0.29) is 34.9 Å². The highest BCUT2D eigenvalue weighted by molar-refractivity contribution is 7.91. The maximum Gasteiger partial charge on any atom is 0.271 e. The fraction of sp³-hybridized carbons (Fsp3) is 0.278. The van der Waals surface area contributed by atoms with E-state index in [2.05, 4.69) is 4.99 Å². The van der Waals surface area contributed by atoms with E-state index in [0.717, 1.165) is 4.57 Å². The average molecular weight is 371 g/mol. The SMILES string of the molecule is Cc1c(C=Nc2ccccc2)c(O)n(C2CCS(=O)(=O)C2)c(=O)c1C#N. The van der Waals surface area contributed by atoms with Crippen LogP contribution in [0.2, 0.25) is 0 Å². The minimum atomic E-state index is -3.26. The zero-order chi connectivity index (χ0) is 18.9. The zero-order valence-corrected chi connectivity index (χ0v) is 14.9. The van der Waals surface area contributed by atoms with Gasteiger partial charge in [0.15, 0.2) is 9.84 Å². The van der Waals surface area contributed by atoms with Crippen molar-refractivity contribution in [2.24, 2.45) is 4.99 Å². The number of aliphatic imine (C=N–C) groups is 1. The van der Waals surface area contributed by atoms with Crippen LogP contribution in [-0.4, -0.2) is 35.8 Å². The molecule has 2 heterocycles. The number of aromatic nitrogens is 1. The topological polar surface area (TPSA) is 113 Å². The first-order valence-electron chi connectivity index (χ1n) is 8.02. The Labute approximate surface area is 150 Å². The molecule has 1 aliphatic heterocycles. The van der Waals surface area contributed by atoms with E-state index in [4.69, 9.17) is 0 Å². The van der Waals surface area contributed by atoms with Gasteiger partial charge in [0.1, 0.15) is 11.6 Å². The molecule has 3 rings (SSSR count). The normalized spacial score (nSPS) is 18.8. The van der Waals surface area contributed by atoms with Crippen LogP contribution in [0.5, 0.6) is 5.88 Å². The van der Waals surface area contributed by atoms with Crippen molar-refractivity contribution in [1.82, 2.24) is 4.57 Å². The molecule has 2 aromatic rings. The molecule has 1 fully saturated rings. The van der Waals surface area contributed by atoms with Crippen LogP contribution in [0.25, 0.3) is 0 Å². The highest BCUT2D eigenvalue weighted by atomic mass is 32.2. The Kier molecular flexibility index (Phi) is 4.66. The van der Waals surface area contributed by atoms with E-state index in [1.54, 1.807) is 19.1 Å². The van der Waals surface area contributed by atoms with E-state index >= 15 is 0 Å². The van der Waals surface area contributed by atoms with E-state index in [9.17, 15) is 23.6 Å². The lowest BCUT2D eigenvalue weighted by atomic mass is 10.0. The number of para-hydroxylation sites is 1. The molecular formula is C18H17N3O4S. The molecule has 8 heteroatoms. The Morgan fingerprint density at radius 3 is 2.62 bits per heavy atom. The highest BCUT2D eigenvalue weighted by Crippen LogP contribution is 2.29. The molecule has 134 valence electrons. The third-order valence-electron chi connectivity index (χ3n) is 4.47. The van der Waals surface area contributed by atoms with Crippen LogP contribution < -0.4 is 5.56 Å². The van der Waals surface area contributed by atoms with Crippen LogP contribution in [0.15, 0.2) is 40.1 Å². The minimum Gasteiger partial charge on any atom is -0.494 e. The number of rotatable bonds is 3. The summed E-state index contributed by atoms with van der Waals surface area (Å²) in [6.07, 6.45) is 1.61. The Hall–Kier alpha value is -2.92. The van der Waals surface area contributed by atoms with Crippen molar-refractivity contribution in [3.05, 3.63) is 57.4 Å². The Balaban J connectivity index is 2.16. The van der Waals surface area contributed by atoms with E-state index in [1.165, 1.54) is 6.21 Å². The minimum absolute atomic E-state index is 0.0489. The molecule has 0 bridgehead atoms. The Bertz CT molecular complexity index is 1080. The summed E-state index contributed by atoms with van der Waals surface area (Å²) in [5.41, 5.74) is 0.384. The molecule has 1 aromatic heterocycles. The predicted octanol–water partition coefficient (Wildman–Crippen LogP) is 1.84. The average Bonchev–Trinajstić information content (AvgIpc) is 2.95. The number of pyridine rings is 1. The van der Waals surface area contributed by atoms with Crippen molar-refractivity contribution < 1.29 is 13.5 Å². The smallest absolute Gasteiger partial charge is 0.271 e. The Morgan fingerprint density at radius 2 is 2.04 bits per heavy atom. The monoisotopic (exact) mass is 371 g/mol. The van der Waals surface area contributed by atoms with Crippen molar-refractivity contribution in [3.8, 4) is 11.9 Å². The molecule has 7 nitrogen and oxygen atoms in total. The predicted molar refractivity (Wildman–Crippen MR) is 97.8 cm³/mol. The number of nitriles is 1. The van der Waals surface area contributed by atoms with Crippen LogP contribution in [0.1, 0.15) is 29.2 Å². The number of aromatic hydroxyl groups is 1. The summed E-state index contributed by atoms with van der Waals surface area (Å²) in [5.74, 6) is -0.649. The summed E-state index contributed by atoms with van der Waals surface area (Å²) in [7, 11) is -3.26. The van der Waals surface area contributed by atoms with Crippen LogP contribution in [0.3, 0.4) is 0 Å². The highest BCUT2D eigenvalue weighted by Gasteiger charge is 2.33. The number of benzene rings is 1. The van der Waals surface area contributed by atoms with Gasteiger partial charge in [0.05, 0.1) is 28.8 Å². The summed E-state index contributed by atoms with van der Waals surface area (Å²) in [5, 5.41) is 20.0. The molecule has 1 unspecified atom stereocenters. The van der Waals surface area contributed by atoms with Gasteiger partial charge in [-0.25, -0.2) is 8.42 Å². The van der Waals surface area contributed by atoms with Gasteiger partial charge in [0.25, 0.3) is 5.56 Å². The molecule has 0 radical (unpaired) electrons. The molecule has 0 aliphatic carbocycles. The third-order valence-corrected chi connectivity index (χ3v) is 6.22. The molecule has 1 aliphatic rings. The van der Waals surface area contributed by atoms with Gasteiger partial charge in [-0.05, 0) is 31.0 Å². The lowest BCUT2D eigenvalue weighted by Crippen LogP contribution is -2.29. The van der Waals surface area contributed by atoms with Crippen LogP contribution in [0.4, 0.5) is 5.69 Å². The van der Waals surface area contributed by atoms with E-state index in [1.807, 2.05) is 24.3 Å². The molecule has 0 saturated carbocycles. The van der Waals surface area contributed by atoms with Crippen LogP contribution >= 0.6 is 0 Å². The van der Waals surface area contributed by atoms with Gasteiger partial charge in [-0.2, -0.15) is 5.26 Å². The largest absolute Gasteiger partial charge is 0.494 e. The molecular weight excluding hydrogens is 354 g/mol. The molecule has 0 amide bonds. The van der Waals surface area contributed by atoms with Crippen molar-refractivity contribution in [2.45, 2.75) is 19.4 Å². The zero-order valence-electron chi connectivity index (χ0n) is 14.1. The fourth-order valence-electron chi connectivity index (χ4n) is 3.07. The van der Waals surface area contributed by atoms with E-state index < -0.39 is 21.4 Å². The first-order valence-corrected chi connectivity index (χ1v) is 9.84. The van der Waals surface area contributed by atoms with Gasteiger partial charge in [0.2, 0.25) is 5.88 Å². The van der Waals surface area contributed by atoms with Gasteiger partial charge in [0, 0.05) is 6.21 Å². The fourth-order valence-corrected chi connectivity index (χ4v) is 4.77. The summed E-state index contributed by atoms with van der Waals surface area (Å²) >= 11 is 0. The number of hydrogen-bond donors (Lipinski definition) is 1. The van der Waals surface area contributed by atoms with Gasteiger partial charge in [-0.3, -0.25) is 14.4 Å². The summed E-state index contributed by atoms with van der Waals surface area (Å²) in [4.78, 5) is 16.9. The summed E-state index contributed by atoms with van der Waals surface area (Å²) in [6, 6.07) is 10.2. The molecule has 1 aromatic carbocycles. The number of hydrogen-bond acceptors (Lipinski definition) is 6. The first-order chi connectivity index (χ1) is 12.3. The molecule has 26 heavy (non-hydrogen) atoms. The molecule has 1 atom stereocenters. The quantitative estimate of drug-likeness (QED) is 0.827. The Morgan fingerprint density at radius 1 is 1.35 bits per heavy atom. The van der Waals surface area contributed by atoms with Gasteiger partial charge >= 0.3 is 0 Å². The van der Waals surface area contributed by atoms with Crippen molar-refractivity contribution in [2.75, 3.05) is 11.5 Å². The van der Waals surface area contributed by atoms with Crippen LogP contribution in [0, 0.1) is 18.3 Å². The van der Waals surface area contributed by atoms with Gasteiger partial charge < -0.3 is 5.11 Å². The van der Waals surface area contributed by atoms with Crippen LogP contribution in [-0.2, 0) is 9.84 Å². The van der Waals surface area contributed by atoms with E-state index in [0.29, 0.717) is 11.3 Å². The standard InChI is InChI=1S/C18H17N3O4S/c1-12-15(9-19)17(22)21(14-7-8-26(24,25)11-14)18(23)16(12)10-20-13-5-3-2-4-6-13/h2-6,10,14,23H,7-8,11H2,1H3. The number of nitrogens with zero attached hydrogens (tertiary/aromatic N) is 3. The van der Waals surface area contributed by atoms with Crippen molar-refractivity contribution in [1.29, 1.82) is 5.26 Å². The number of sulfone groups is 1. The summed E-state index contributed by atoms with van der Waals surface area (Å²) in [6.45, 7) is 1.56. The second-order valence-electron chi connectivity index (χ2n) is 6.17. The first kappa shape index (κ1) is 17.9. The molecule has 1 saturated heterocycles.